The monoisotopic (exact) mass is 322 g/mol. The predicted octanol–water partition coefficient (Wildman–Crippen LogP) is 3.21. The highest BCUT2D eigenvalue weighted by molar-refractivity contribution is 5.94. The van der Waals surface area contributed by atoms with E-state index in [0.717, 1.165) is 16.5 Å². The number of hydrogen-bond donors (Lipinski definition) is 2. The Morgan fingerprint density at radius 2 is 1.96 bits per heavy atom. The molecule has 0 radical (unpaired) electrons. The molecule has 0 aliphatic carbocycles. The van der Waals surface area contributed by atoms with Crippen LogP contribution < -0.4 is 5.73 Å². The smallest absolute Gasteiger partial charge is 0.206 e. The van der Waals surface area contributed by atoms with Gasteiger partial charge in [0.1, 0.15) is 17.2 Å². The Morgan fingerprint density at radius 3 is 2.75 bits per heavy atom. The van der Waals surface area contributed by atoms with Crippen LogP contribution in [-0.2, 0) is 6.42 Å². The predicted molar refractivity (Wildman–Crippen MR) is 90.5 cm³/mol. The molecule has 6 heteroatoms. The van der Waals surface area contributed by atoms with E-state index in [-0.39, 0.29) is 17.7 Å². The summed E-state index contributed by atoms with van der Waals surface area (Å²) in [4.78, 5) is 9.02. The van der Waals surface area contributed by atoms with Crippen LogP contribution in [0, 0.1) is 12.7 Å². The summed E-state index contributed by atoms with van der Waals surface area (Å²) in [6.07, 6.45) is 1.90. The Balaban J connectivity index is 1.91. The number of nitrogens with two attached hydrogens (primary N) is 1. The first-order valence-corrected chi connectivity index (χ1v) is 7.53. The summed E-state index contributed by atoms with van der Waals surface area (Å²) in [6.45, 7) is 1.96. The lowest BCUT2D eigenvalue weighted by Gasteiger charge is -2.05. The first-order valence-electron chi connectivity index (χ1n) is 7.53. The van der Waals surface area contributed by atoms with Gasteiger partial charge in [-0.1, -0.05) is 18.2 Å². The number of aromatic hydroxyl groups is 1. The first-order chi connectivity index (χ1) is 11.5. The lowest BCUT2D eigenvalue weighted by molar-refractivity contribution is 0.460. The summed E-state index contributed by atoms with van der Waals surface area (Å²) < 4.78 is 15.6. The number of fused-ring (bicyclic) bond motifs is 3. The van der Waals surface area contributed by atoms with Gasteiger partial charge in [-0.15, -0.1) is 0 Å². The molecule has 3 N–H and O–H groups in total. The summed E-state index contributed by atoms with van der Waals surface area (Å²) in [5, 5.41) is 10.8. The number of halogens is 1. The molecule has 0 saturated carbocycles. The third-order valence-electron chi connectivity index (χ3n) is 4.16. The van der Waals surface area contributed by atoms with Gasteiger partial charge in [-0.2, -0.15) is 0 Å². The van der Waals surface area contributed by atoms with Gasteiger partial charge < -0.3 is 10.8 Å². The summed E-state index contributed by atoms with van der Waals surface area (Å²) in [6, 6.07) is 10.1. The van der Waals surface area contributed by atoms with Crippen LogP contribution >= 0.6 is 0 Å². The first kappa shape index (κ1) is 14.4. The van der Waals surface area contributed by atoms with Crippen LogP contribution in [0.3, 0.4) is 0 Å². The number of nitrogens with zero attached hydrogens (tertiary/aromatic N) is 3. The quantitative estimate of drug-likeness (QED) is 0.594. The number of phenols is 1. The van der Waals surface area contributed by atoms with Crippen LogP contribution in [0.15, 0.2) is 42.6 Å². The number of aromatic nitrogens is 3. The Bertz CT molecular complexity index is 1070. The number of imidazole rings is 1. The van der Waals surface area contributed by atoms with Gasteiger partial charge in [-0.25, -0.2) is 14.4 Å². The number of rotatable bonds is 2. The summed E-state index contributed by atoms with van der Waals surface area (Å²) in [5.74, 6) is -0.221. The maximum Gasteiger partial charge on any atom is 0.206 e. The molecule has 0 aliphatic heterocycles. The molecule has 120 valence electrons. The molecular weight excluding hydrogens is 307 g/mol. The van der Waals surface area contributed by atoms with Gasteiger partial charge in [0, 0.05) is 23.6 Å². The largest absolute Gasteiger partial charge is 0.508 e. The van der Waals surface area contributed by atoms with Crippen LogP contribution in [0.2, 0.25) is 0 Å². The summed E-state index contributed by atoms with van der Waals surface area (Å²) in [7, 11) is 0. The topological polar surface area (TPSA) is 76.4 Å². The van der Waals surface area contributed by atoms with E-state index < -0.39 is 5.82 Å². The van der Waals surface area contributed by atoms with Crippen LogP contribution in [0.4, 0.5) is 10.3 Å². The molecule has 4 rings (SSSR count). The van der Waals surface area contributed by atoms with E-state index in [4.69, 9.17) is 5.73 Å². The lowest BCUT2D eigenvalue weighted by atomic mass is 10.1. The third-order valence-corrected chi connectivity index (χ3v) is 4.16. The minimum absolute atomic E-state index is 0.0844. The minimum Gasteiger partial charge on any atom is -0.508 e. The standard InChI is InChI=1S/C18H15FN4O/c1-10-4-2-5-12-16(10)22-18(20)23-9-11(21-17(12)23)8-13-14(19)6-3-7-15(13)24/h2-7,9,24H,8H2,1H3,(H2,20,22). The van der Waals surface area contributed by atoms with Gasteiger partial charge in [-0.3, -0.25) is 4.40 Å². The van der Waals surface area contributed by atoms with Crippen LogP contribution in [0.1, 0.15) is 16.8 Å². The number of anilines is 1. The molecule has 2 aromatic heterocycles. The van der Waals surface area contributed by atoms with Crippen LogP contribution in [-0.4, -0.2) is 19.5 Å². The number of benzene rings is 2. The highest BCUT2D eigenvalue weighted by atomic mass is 19.1. The summed E-state index contributed by atoms with van der Waals surface area (Å²) >= 11 is 0. The molecule has 0 unspecified atom stereocenters. The van der Waals surface area contributed by atoms with Gasteiger partial charge in [0.25, 0.3) is 0 Å². The average molecular weight is 322 g/mol. The number of nitrogen functional groups attached to an aromatic ring is 1. The van der Waals surface area contributed by atoms with Crippen molar-refractivity contribution in [1.82, 2.24) is 14.4 Å². The van der Waals surface area contributed by atoms with Gasteiger partial charge in [-0.05, 0) is 30.7 Å². The van der Waals surface area contributed by atoms with E-state index in [1.807, 2.05) is 25.1 Å². The fourth-order valence-electron chi connectivity index (χ4n) is 2.94. The molecule has 0 bridgehead atoms. The van der Waals surface area contributed by atoms with Crippen molar-refractivity contribution in [3.05, 3.63) is 65.2 Å². The van der Waals surface area contributed by atoms with Crippen molar-refractivity contribution in [1.29, 1.82) is 0 Å². The van der Waals surface area contributed by atoms with E-state index in [0.29, 0.717) is 17.3 Å². The Hall–Kier alpha value is -3.15. The van der Waals surface area contributed by atoms with E-state index in [2.05, 4.69) is 9.97 Å². The highest BCUT2D eigenvalue weighted by Gasteiger charge is 2.14. The molecule has 2 heterocycles. The van der Waals surface area contributed by atoms with Gasteiger partial charge in [0.15, 0.2) is 0 Å². The zero-order valence-corrected chi connectivity index (χ0v) is 13.0. The zero-order chi connectivity index (χ0) is 16.8. The SMILES string of the molecule is Cc1cccc2c1nc(N)n1cc(Cc3c(O)cccc3F)nc21. The van der Waals surface area contributed by atoms with Crippen LogP contribution in [0.5, 0.6) is 5.75 Å². The van der Waals surface area contributed by atoms with Crippen molar-refractivity contribution < 1.29 is 9.50 Å². The van der Waals surface area contributed by atoms with Crippen molar-refractivity contribution in [2.75, 3.05) is 5.73 Å². The second-order valence-corrected chi connectivity index (χ2v) is 5.78. The maximum absolute atomic E-state index is 13.9. The number of aryl methyl sites for hydroxylation is 1. The van der Waals surface area contributed by atoms with Gasteiger partial charge >= 0.3 is 0 Å². The Labute approximate surface area is 137 Å². The number of phenolic OH excluding ortho intramolecular Hbond substituents is 1. The molecular formula is C18H15FN4O. The molecule has 2 aromatic carbocycles. The molecule has 4 aromatic rings. The van der Waals surface area contributed by atoms with Gasteiger partial charge in [0.2, 0.25) is 5.95 Å². The van der Waals surface area contributed by atoms with Crippen molar-refractivity contribution in [3.8, 4) is 5.75 Å². The van der Waals surface area contributed by atoms with Crippen molar-refractivity contribution in [2.24, 2.45) is 0 Å². The molecule has 0 amide bonds. The zero-order valence-electron chi connectivity index (χ0n) is 13.0. The Kier molecular flexibility index (Phi) is 3.13. The third kappa shape index (κ3) is 2.15. The molecule has 0 atom stereocenters. The Morgan fingerprint density at radius 1 is 1.17 bits per heavy atom. The van der Waals surface area contributed by atoms with E-state index in [9.17, 15) is 9.50 Å². The number of hydrogen-bond acceptors (Lipinski definition) is 4. The van der Waals surface area contributed by atoms with Gasteiger partial charge in [0.05, 0.1) is 11.2 Å². The fourth-order valence-corrected chi connectivity index (χ4v) is 2.94. The minimum atomic E-state index is -0.459. The summed E-state index contributed by atoms with van der Waals surface area (Å²) in [5.41, 5.74) is 9.36. The second-order valence-electron chi connectivity index (χ2n) is 5.78. The molecule has 5 nitrogen and oxygen atoms in total. The number of para-hydroxylation sites is 1. The van der Waals surface area contributed by atoms with E-state index in [1.165, 1.54) is 18.2 Å². The second kappa shape index (κ2) is 5.19. The van der Waals surface area contributed by atoms with E-state index in [1.54, 1.807) is 10.6 Å². The highest BCUT2D eigenvalue weighted by Crippen LogP contribution is 2.26. The van der Waals surface area contributed by atoms with Crippen molar-refractivity contribution in [3.63, 3.8) is 0 Å². The normalized spacial score (nSPS) is 11.4. The molecule has 0 fully saturated rings. The fraction of sp³-hybridized carbons (Fsp3) is 0.111. The molecule has 0 saturated heterocycles. The maximum atomic E-state index is 13.9. The van der Waals surface area contributed by atoms with Crippen LogP contribution in [0.25, 0.3) is 16.6 Å². The lowest BCUT2D eigenvalue weighted by Crippen LogP contribution is -2.01. The molecule has 0 aliphatic rings. The van der Waals surface area contributed by atoms with Crippen molar-refractivity contribution in [2.45, 2.75) is 13.3 Å². The molecule has 0 spiro atoms. The van der Waals surface area contributed by atoms with E-state index >= 15 is 0 Å². The molecule has 24 heavy (non-hydrogen) atoms. The van der Waals surface area contributed by atoms with Crippen molar-refractivity contribution >= 4 is 22.5 Å². The average Bonchev–Trinajstić information content (AvgIpc) is 2.97.